The number of halogens is 1. The largest absolute Gasteiger partial charge is 0.298 e. The number of anilines is 1. The van der Waals surface area contributed by atoms with Gasteiger partial charge in [0.25, 0.3) is 5.91 Å². The lowest BCUT2D eigenvalue weighted by Gasteiger charge is -2.04. The van der Waals surface area contributed by atoms with Crippen LogP contribution in [0.5, 0.6) is 0 Å². The minimum atomic E-state index is -0.227. The molecule has 0 aliphatic rings. The minimum absolute atomic E-state index is 0.227. The summed E-state index contributed by atoms with van der Waals surface area (Å²) in [5.74, 6) is -0.227. The number of benzene rings is 2. The molecular weight excluding hydrogens is 370 g/mol. The van der Waals surface area contributed by atoms with E-state index in [2.05, 4.69) is 20.4 Å². The van der Waals surface area contributed by atoms with E-state index in [0.717, 1.165) is 16.9 Å². The Bertz CT molecular complexity index is 1040. The Morgan fingerprint density at radius 3 is 2.65 bits per heavy atom. The number of hydrogen-bond donors (Lipinski definition) is 1. The zero-order chi connectivity index (χ0) is 17.9. The summed E-state index contributed by atoms with van der Waals surface area (Å²) < 4.78 is 1.62. The van der Waals surface area contributed by atoms with E-state index < -0.39 is 0 Å². The molecule has 26 heavy (non-hydrogen) atoms. The van der Waals surface area contributed by atoms with Gasteiger partial charge in [-0.1, -0.05) is 29.8 Å². The topological polar surface area (TPSA) is 72.7 Å². The second kappa shape index (κ2) is 7.07. The van der Waals surface area contributed by atoms with Crippen molar-refractivity contribution in [2.24, 2.45) is 0 Å². The Morgan fingerprint density at radius 2 is 1.92 bits per heavy atom. The van der Waals surface area contributed by atoms with Crippen molar-refractivity contribution in [2.45, 2.75) is 0 Å². The summed E-state index contributed by atoms with van der Waals surface area (Å²) in [5, 5.41) is 9.87. The summed E-state index contributed by atoms with van der Waals surface area (Å²) in [5.41, 5.74) is 2.93. The van der Waals surface area contributed by atoms with Crippen molar-refractivity contribution in [3.8, 4) is 16.9 Å². The van der Waals surface area contributed by atoms with Crippen molar-refractivity contribution in [1.82, 2.24) is 19.7 Å². The Labute approximate surface area is 158 Å². The zero-order valence-electron chi connectivity index (χ0n) is 13.3. The summed E-state index contributed by atoms with van der Waals surface area (Å²) in [6.07, 6.45) is 3.06. The predicted molar refractivity (Wildman–Crippen MR) is 102 cm³/mol. The molecule has 0 atom stereocenters. The number of amides is 1. The summed E-state index contributed by atoms with van der Waals surface area (Å²) in [7, 11) is 0. The molecule has 1 amide bonds. The number of rotatable bonds is 4. The summed E-state index contributed by atoms with van der Waals surface area (Å²) >= 11 is 7.55. The van der Waals surface area contributed by atoms with Crippen molar-refractivity contribution in [1.29, 1.82) is 0 Å². The van der Waals surface area contributed by atoms with E-state index >= 15 is 0 Å². The van der Waals surface area contributed by atoms with Crippen molar-refractivity contribution in [3.05, 3.63) is 77.2 Å². The van der Waals surface area contributed by atoms with Crippen LogP contribution in [0.3, 0.4) is 0 Å². The van der Waals surface area contributed by atoms with Crippen LogP contribution in [0.1, 0.15) is 10.4 Å². The third kappa shape index (κ3) is 3.35. The van der Waals surface area contributed by atoms with E-state index in [0.29, 0.717) is 15.7 Å². The Kier molecular flexibility index (Phi) is 4.47. The molecule has 0 spiro atoms. The SMILES string of the molecule is O=C(Nc1nc(-c2ccccc2Cl)cs1)c1ccc(-n2cncn2)cc1. The maximum absolute atomic E-state index is 12.4. The maximum atomic E-state index is 12.4. The van der Waals surface area contributed by atoms with Crippen molar-refractivity contribution >= 4 is 34.0 Å². The highest BCUT2D eigenvalue weighted by Crippen LogP contribution is 2.30. The molecule has 0 fully saturated rings. The molecule has 1 N–H and O–H groups in total. The first-order valence-corrected chi connectivity index (χ1v) is 8.93. The van der Waals surface area contributed by atoms with Crippen molar-refractivity contribution in [3.63, 3.8) is 0 Å². The first kappa shape index (κ1) is 16.4. The molecule has 0 aliphatic heterocycles. The Balaban J connectivity index is 1.49. The van der Waals surface area contributed by atoms with Crippen LogP contribution < -0.4 is 5.32 Å². The standard InChI is InChI=1S/C18H12ClN5OS/c19-15-4-2-1-3-14(15)16-9-26-18(22-16)23-17(25)12-5-7-13(8-6-12)24-11-20-10-21-24/h1-11H,(H,22,23,25). The van der Waals surface area contributed by atoms with Crippen LogP contribution >= 0.6 is 22.9 Å². The quantitative estimate of drug-likeness (QED) is 0.572. The number of hydrogen-bond acceptors (Lipinski definition) is 5. The fourth-order valence-corrected chi connectivity index (χ4v) is 3.34. The number of aromatic nitrogens is 4. The van der Waals surface area contributed by atoms with Crippen LogP contribution in [0.15, 0.2) is 66.6 Å². The smallest absolute Gasteiger partial charge is 0.257 e. The molecule has 8 heteroatoms. The van der Waals surface area contributed by atoms with Crippen LogP contribution in [0.25, 0.3) is 16.9 Å². The lowest BCUT2D eigenvalue weighted by Crippen LogP contribution is -2.11. The lowest BCUT2D eigenvalue weighted by atomic mass is 10.2. The van der Waals surface area contributed by atoms with Crippen LogP contribution in [0, 0.1) is 0 Å². The molecule has 0 aliphatic carbocycles. The fraction of sp³-hybridized carbons (Fsp3) is 0. The van der Waals surface area contributed by atoms with E-state index in [1.807, 2.05) is 29.6 Å². The van der Waals surface area contributed by atoms with Gasteiger partial charge in [-0.05, 0) is 30.3 Å². The molecule has 0 saturated carbocycles. The fourth-order valence-electron chi connectivity index (χ4n) is 2.40. The van der Waals surface area contributed by atoms with Gasteiger partial charge in [-0.2, -0.15) is 5.10 Å². The molecule has 0 unspecified atom stereocenters. The molecule has 0 bridgehead atoms. The molecule has 4 rings (SSSR count). The number of nitrogens with one attached hydrogen (secondary N) is 1. The third-order valence-corrected chi connectivity index (χ3v) is 4.77. The summed E-state index contributed by atoms with van der Waals surface area (Å²) in [4.78, 5) is 20.8. The number of nitrogens with zero attached hydrogens (tertiary/aromatic N) is 4. The van der Waals surface area contributed by atoms with Crippen LogP contribution in [0.2, 0.25) is 5.02 Å². The van der Waals surface area contributed by atoms with E-state index in [4.69, 9.17) is 11.6 Å². The van der Waals surface area contributed by atoms with Crippen LogP contribution in [-0.2, 0) is 0 Å². The minimum Gasteiger partial charge on any atom is -0.298 e. The van der Waals surface area contributed by atoms with Gasteiger partial charge in [0.05, 0.1) is 11.4 Å². The van der Waals surface area contributed by atoms with Crippen molar-refractivity contribution in [2.75, 3.05) is 5.32 Å². The van der Waals surface area contributed by atoms with Crippen LogP contribution in [-0.4, -0.2) is 25.7 Å². The Hall–Kier alpha value is -3.03. The molecule has 0 saturated heterocycles. The molecule has 128 valence electrons. The van der Waals surface area contributed by atoms with E-state index in [-0.39, 0.29) is 5.91 Å². The summed E-state index contributed by atoms with van der Waals surface area (Å²) in [6, 6.07) is 14.5. The Morgan fingerprint density at radius 1 is 1.12 bits per heavy atom. The molecule has 2 aromatic carbocycles. The van der Waals surface area contributed by atoms with Gasteiger partial charge in [0.1, 0.15) is 12.7 Å². The van der Waals surface area contributed by atoms with E-state index in [1.54, 1.807) is 35.3 Å². The third-order valence-electron chi connectivity index (χ3n) is 3.69. The van der Waals surface area contributed by atoms with Gasteiger partial charge in [0, 0.05) is 21.5 Å². The van der Waals surface area contributed by atoms with Gasteiger partial charge >= 0.3 is 0 Å². The van der Waals surface area contributed by atoms with Gasteiger partial charge in [-0.15, -0.1) is 11.3 Å². The van der Waals surface area contributed by atoms with E-state index in [1.165, 1.54) is 17.7 Å². The number of carbonyl (C=O) groups is 1. The van der Waals surface area contributed by atoms with E-state index in [9.17, 15) is 4.79 Å². The van der Waals surface area contributed by atoms with Gasteiger partial charge in [0.15, 0.2) is 5.13 Å². The monoisotopic (exact) mass is 381 g/mol. The second-order valence-corrected chi connectivity index (χ2v) is 6.62. The van der Waals surface area contributed by atoms with Crippen LogP contribution in [0.4, 0.5) is 5.13 Å². The first-order valence-electron chi connectivity index (χ1n) is 7.67. The summed E-state index contributed by atoms with van der Waals surface area (Å²) in [6.45, 7) is 0. The number of carbonyl (C=O) groups excluding carboxylic acids is 1. The molecule has 2 aromatic heterocycles. The van der Waals surface area contributed by atoms with Gasteiger partial charge < -0.3 is 0 Å². The highest BCUT2D eigenvalue weighted by atomic mass is 35.5. The first-order chi connectivity index (χ1) is 12.7. The molecule has 6 nitrogen and oxygen atoms in total. The average Bonchev–Trinajstić information content (AvgIpc) is 3.34. The van der Waals surface area contributed by atoms with Gasteiger partial charge in [-0.25, -0.2) is 14.6 Å². The normalized spacial score (nSPS) is 10.7. The molecular formula is C18H12ClN5OS. The average molecular weight is 382 g/mol. The zero-order valence-corrected chi connectivity index (χ0v) is 14.9. The molecule has 2 heterocycles. The molecule has 4 aromatic rings. The van der Waals surface area contributed by atoms with Gasteiger partial charge in [0.2, 0.25) is 0 Å². The number of thiazole rings is 1. The van der Waals surface area contributed by atoms with Gasteiger partial charge in [-0.3, -0.25) is 10.1 Å². The predicted octanol–water partition coefficient (Wildman–Crippen LogP) is 4.30. The highest BCUT2D eigenvalue weighted by Gasteiger charge is 2.11. The second-order valence-electron chi connectivity index (χ2n) is 5.36. The molecule has 0 radical (unpaired) electrons. The maximum Gasteiger partial charge on any atom is 0.257 e. The lowest BCUT2D eigenvalue weighted by molar-refractivity contribution is 0.102. The highest BCUT2D eigenvalue weighted by molar-refractivity contribution is 7.14. The van der Waals surface area contributed by atoms with Crippen molar-refractivity contribution < 1.29 is 4.79 Å².